The van der Waals surface area contributed by atoms with Gasteiger partial charge in [0.15, 0.2) is 0 Å². The molecule has 0 bridgehead atoms. The van der Waals surface area contributed by atoms with Crippen molar-refractivity contribution in [2.24, 2.45) is 0 Å². The lowest BCUT2D eigenvalue weighted by Crippen LogP contribution is -2.50. The van der Waals surface area contributed by atoms with E-state index in [2.05, 4.69) is 10.6 Å². The molecule has 3 nitrogen and oxygen atoms in total. The highest BCUT2D eigenvalue weighted by Crippen LogP contribution is 2.10. The lowest BCUT2D eigenvalue weighted by molar-refractivity contribution is -0.126. The van der Waals surface area contributed by atoms with E-state index < -0.39 is 5.54 Å². The first-order valence-electron chi connectivity index (χ1n) is 5.17. The molecule has 0 fully saturated rings. The van der Waals surface area contributed by atoms with Crippen molar-refractivity contribution in [2.45, 2.75) is 25.9 Å². The summed E-state index contributed by atoms with van der Waals surface area (Å²) in [7, 11) is 1.76. The fourth-order valence-electron chi connectivity index (χ4n) is 1.16. The molecule has 0 aliphatic heterocycles. The number of likely N-dealkylation sites (N-methyl/N-ethyl adjacent to an activating group) is 1. The average Bonchev–Trinajstić information content (AvgIpc) is 2.26. The maximum absolute atomic E-state index is 11.7. The van der Waals surface area contributed by atoms with Gasteiger partial charge >= 0.3 is 0 Å². The van der Waals surface area contributed by atoms with Crippen LogP contribution in [0.3, 0.4) is 0 Å². The fourth-order valence-corrected chi connectivity index (χ4v) is 1.38. The highest BCUT2D eigenvalue weighted by atomic mass is 35.5. The topological polar surface area (TPSA) is 41.1 Å². The van der Waals surface area contributed by atoms with Crippen LogP contribution in [0.5, 0.6) is 0 Å². The molecule has 0 atom stereocenters. The maximum atomic E-state index is 11.7. The van der Waals surface area contributed by atoms with E-state index in [1.165, 1.54) is 0 Å². The van der Waals surface area contributed by atoms with E-state index >= 15 is 0 Å². The van der Waals surface area contributed by atoms with Crippen LogP contribution < -0.4 is 10.6 Å². The molecule has 0 radical (unpaired) electrons. The number of halogens is 1. The van der Waals surface area contributed by atoms with Crippen LogP contribution in [-0.2, 0) is 11.3 Å². The molecule has 1 rings (SSSR count). The molecule has 88 valence electrons. The molecule has 0 saturated heterocycles. The Hall–Kier alpha value is -1.06. The second-order valence-electron chi connectivity index (χ2n) is 4.19. The molecule has 0 spiro atoms. The van der Waals surface area contributed by atoms with E-state index in [1.807, 2.05) is 38.1 Å². The van der Waals surface area contributed by atoms with E-state index in [9.17, 15) is 4.79 Å². The summed E-state index contributed by atoms with van der Waals surface area (Å²) < 4.78 is 0. The van der Waals surface area contributed by atoms with Gasteiger partial charge in [0.25, 0.3) is 0 Å². The molecule has 4 heteroatoms. The van der Waals surface area contributed by atoms with E-state index in [4.69, 9.17) is 11.6 Å². The first kappa shape index (κ1) is 13.0. The van der Waals surface area contributed by atoms with Crippen LogP contribution in [0.4, 0.5) is 0 Å². The first-order chi connectivity index (χ1) is 7.45. The monoisotopic (exact) mass is 240 g/mol. The summed E-state index contributed by atoms with van der Waals surface area (Å²) in [6.07, 6.45) is 0. The third-order valence-corrected chi connectivity index (χ3v) is 2.77. The van der Waals surface area contributed by atoms with Crippen LogP contribution >= 0.6 is 11.6 Å². The molecule has 0 heterocycles. The lowest BCUT2D eigenvalue weighted by Gasteiger charge is -2.22. The summed E-state index contributed by atoms with van der Waals surface area (Å²) in [6.45, 7) is 4.16. The van der Waals surface area contributed by atoms with Crippen molar-refractivity contribution in [3.63, 3.8) is 0 Å². The van der Waals surface area contributed by atoms with Gasteiger partial charge in [-0.2, -0.15) is 0 Å². The van der Waals surface area contributed by atoms with E-state index in [0.29, 0.717) is 11.6 Å². The van der Waals surface area contributed by atoms with Gasteiger partial charge in [0.1, 0.15) is 0 Å². The second-order valence-corrected chi connectivity index (χ2v) is 4.62. The number of hydrogen-bond donors (Lipinski definition) is 2. The number of carbonyl (C=O) groups excluding carboxylic acids is 1. The summed E-state index contributed by atoms with van der Waals surface area (Å²) in [5.74, 6) is -0.0324. The standard InChI is InChI=1S/C12H17ClN2O/c1-12(2,14-3)11(16)15-8-9-5-4-6-10(13)7-9/h4-7,14H,8H2,1-3H3,(H,15,16). The Morgan fingerprint density at radius 1 is 1.44 bits per heavy atom. The first-order valence-corrected chi connectivity index (χ1v) is 5.55. The summed E-state index contributed by atoms with van der Waals surface area (Å²) in [6, 6.07) is 7.45. The van der Waals surface area contributed by atoms with Gasteiger partial charge in [-0.15, -0.1) is 0 Å². The number of carbonyl (C=O) groups is 1. The van der Waals surface area contributed by atoms with Gasteiger partial charge in [0.2, 0.25) is 5.91 Å². The Morgan fingerprint density at radius 2 is 2.12 bits per heavy atom. The minimum absolute atomic E-state index is 0.0324. The Morgan fingerprint density at radius 3 is 2.69 bits per heavy atom. The van der Waals surface area contributed by atoms with Crippen LogP contribution in [0.2, 0.25) is 5.02 Å². The maximum Gasteiger partial charge on any atom is 0.239 e. The zero-order valence-corrected chi connectivity index (χ0v) is 10.6. The normalized spacial score (nSPS) is 11.2. The van der Waals surface area contributed by atoms with Crippen LogP contribution in [0.15, 0.2) is 24.3 Å². The predicted molar refractivity (Wildman–Crippen MR) is 66.4 cm³/mol. The Kier molecular flexibility index (Phi) is 4.33. The largest absolute Gasteiger partial charge is 0.350 e. The van der Waals surface area contributed by atoms with Crippen LogP contribution in [0, 0.1) is 0 Å². The number of hydrogen-bond acceptors (Lipinski definition) is 2. The van der Waals surface area contributed by atoms with Crippen LogP contribution in [0.25, 0.3) is 0 Å². The Bertz CT molecular complexity index is 377. The van der Waals surface area contributed by atoms with Gasteiger partial charge in [-0.05, 0) is 38.6 Å². The summed E-state index contributed by atoms with van der Waals surface area (Å²) in [5.41, 5.74) is 0.436. The molecule has 0 saturated carbocycles. The molecule has 1 amide bonds. The lowest BCUT2D eigenvalue weighted by atomic mass is 10.1. The van der Waals surface area contributed by atoms with Crippen molar-refractivity contribution in [1.82, 2.24) is 10.6 Å². The minimum atomic E-state index is -0.557. The van der Waals surface area contributed by atoms with E-state index in [1.54, 1.807) is 7.05 Å². The average molecular weight is 241 g/mol. The van der Waals surface area contributed by atoms with Crippen LogP contribution in [0.1, 0.15) is 19.4 Å². The van der Waals surface area contributed by atoms with Gasteiger partial charge in [0.05, 0.1) is 5.54 Å². The fraction of sp³-hybridized carbons (Fsp3) is 0.417. The van der Waals surface area contributed by atoms with Gasteiger partial charge < -0.3 is 10.6 Å². The van der Waals surface area contributed by atoms with Crippen molar-refractivity contribution in [3.8, 4) is 0 Å². The third kappa shape index (κ3) is 3.51. The van der Waals surface area contributed by atoms with Gasteiger partial charge in [-0.25, -0.2) is 0 Å². The van der Waals surface area contributed by atoms with Gasteiger partial charge in [-0.1, -0.05) is 23.7 Å². The summed E-state index contributed by atoms with van der Waals surface area (Å²) in [4.78, 5) is 11.7. The van der Waals surface area contributed by atoms with Crippen LogP contribution in [-0.4, -0.2) is 18.5 Å². The molecule has 2 N–H and O–H groups in total. The van der Waals surface area contributed by atoms with Crippen molar-refractivity contribution in [3.05, 3.63) is 34.9 Å². The molecule has 16 heavy (non-hydrogen) atoms. The molecular weight excluding hydrogens is 224 g/mol. The Labute approximate surface area is 101 Å². The molecule has 1 aromatic carbocycles. The van der Waals surface area contributed by atoms with E-state index in [-0.39, 0.29) is 5.91 Å². The van der Waals surface area contributed by atoms with Crippen molar-refractivity contribution >= 4 is 17.5 Å². The number of nitrogens with one attached hydrogen (secondary N) is 2. The number of amides is 1. The highest BCUT2D eigenvalue weighted by molar-refractivity contribution is 6.30. The number of benzene rings is 1. The zero-order chi connectivity index (χ0) is 12.2. The highest BCUT2D eigenvalue weighted by Gasteiger charge is 2.24. The number of rotatable bonds is 4. The van der Waals surface area contributed by atoms with E-state index in [0.717, 1.165) is 5.56 Å². The predicted octanol–water partition coefficient (Wildman–Crippen LogP) is 1.95. The van der Waals surface area contributed by atoms with Crippen molar-refractivity contribution in [1.29, 1.82) is 0 Å². The minimum Gasteiger partial charge on any atom is -0.350 e. The molecular formula is C12H17ClN2O. The van der Waals surface area contributed by atoms with Gasteiger partial charge in [0, 0.05) is 11.6 Å². The molecule has 0 aliphatic carbocycles. The molecule has 0 unspecified atom stereocenters. The SMILES string of the molecule is CNC(C)(C)C(=O)NCc1cccc(Cl)c1. The zero-order valence-electron chi connectivity index (χ0n) is 9.80. The Balaban J connectivity index is 2.56. The summed E-state index contributed by atoms with van der Waals surface area (Å²) in [5, 5.41) is 6.49. The van der Waals surface area contributed by atoms with Crippen molar-refractivity contribution in [2.75, 3.05) is 7.05 Å². The molecule has 1 aromatic rings. The molecule has 0 aromatic heterocycles. The second kappa shape index (κ2) is 5.32. The quantitative estimate of drug-likeness (QED) is 0.845. The van der Waals surface area contributed by atoms with Gasteiger partial charge in [-0.3, -0.25) is 4.79 Å². The third-order valence-electron chi connectivity index (χ3n) is 2.53. The molecule has 0 aliphatic rings. The smallest absolute Gasteiger partial charge is 0.239 e. The summed E-state index contributed by atoms with van der Waals surface area (Å²) >= 11 is 5.85. The van der Waals surface area contributed by atoms with Crippen molar-refractivity contribution < 1.29 is 4.79 Å².